The minimum atomic E-state index is -0.0843. The molecular formula is C19H22N6O2. The number of rotatable bonds is 5. The third-order valence-electron chi connectivity index (χ3n) is 4.78. The van der Waals surface area contributed by atoms with Gasteiger partial charge in [0.1, 0.15) is 6.33 Å². The number of fused-ring (bicyclic) bond motifs is 1. The van der Waals surface area contributed by atoms with Crippen LogP contribution in [0.2, 0.25) is 0 Å². The molecule has 1 fully saturated rings. The van der Waals surface area contributed by atoms with Crippen molar-refractivity contribution in [1.82, 2.24) is 29.8 Å². The summed E-state index contributed by atoms with van der Waals surface area (Å²) in [5.74, 6) is 0.471. The van der Waals surface area contributed by atoms with Crippen molar-refractivity contribution in [3.8, 4) is 11.1 Å². The van der Waals surface area contributed by atoms with Crippen LogP contribution in [-0.4, -0.2) is 69.3 Å². The van der Waals surface area contributed by atoms with Gasteiger partial charge < -0.3 is 15.0 Å². The Morgan fingerprint density at radius 3 is 2.85 bits per heavy atom. The summed E-state index contributed by atoms with van der Waals surface area (Å²) in [7, 11) is 2.04. The lowest BCUT2D eigenvalue weighted by molar-refractivity contribution is 0.0513. The van der Waals surface area contributed by atoms with Gasteiger partial charge in [-0.05, 0) is 31.7 Å². The Kier molecular flexibility index (Phi) is 4.83. The summed E-state index contributed by atoms with van der Waals surface area (Å²) in [6.45, 7) is 4.24. The summed E-state index contributed by atoms with van der Waals surface area (Å²) in [6, 6.07) is 7.50. The van der Waals surface area contributed by atoms with E-state index in [2.05, 4.69) is 25.4 Å². The van der Waals surface area contributed by atoms with E-state index in [4.69, 9.17) is 4.74 Å². The van der Waals surface area contributed by atoms with Gasteiger partial charge in [0, 0.05) is 43.2 Å². The van der Waals surface area contributed by atoms with Gasteiger partial charge in [-0.15, -0.1) is 10.2 Å². The number of benzene rings is 1. The second kappa shape index (κ2) is 7.42. The minimum absolute atomic E-state index is 0.00229. The Balaban J connectivity index is 1.47. The molecule has 2 atom stereocenters. The molecule has 0 spiro atoms. The Bertz CT molecular complexity index is 939. The van der Waals surface area contributed by atoms with Gasteiger partial charge in [-0.25, -0.2) is 4.98 Å². The van der Waals surface area contributed by atoms with Crippen LogP contribution < -0.4 is 5.32 Å². The second-order valence-corrected chi connectivity index (χ2v) is 6.75. The molecule has 1 aromatic carbocycles. The zero-order valence-corrected chi connectivity index (χ0v) is 15.4. The predicted octanol–water partition coefficient (Wildman–Crippen LogP) is 1.24. The van der Waals surface area contributed by atoms with Gasteiger partial charge in [-0.3, -0.25) is 9.20 Å². The van der Waals surface area contributed by atoms with Crippen molar-refractivity contribution in [2.24, 2.45) is 0 Å². The molecule has 1 aliphatic heterocycles. The molecule has 27 heavy (non-hydrogen) atoms. The molecule has 4 rings (SSSR count). The maximum absolute atomic E-state index is 12.6. The Labute approximate surface area is 157 Å². The van der Waals surface area contributed by atoms with Crippen LogP contribution in [-0.2, 0) is 4.74 Å². The highest BCUT2D eigenvalue weighted by molar-refractivity contribution is 5.95. The molecule has 0 bridgehead atoms. The number of nitrogens with one attached hydrogen (secondary N) is 1. The van der Waals surface area contributed by atoms with Gasteiger partial charge in [0.15, 0.2) is 0 Å². The SMILES string of the molecule is CCO[C@H]1CN(C)C[C@@H]1NC(=O)c1ccc(-c2cnc3nncn3c2)cc1. The maximum atomic E-state index is 12.6. The average Bonchev–Trinajstić information content (AvgIpc) is 3.28. The fourth-order valence-electron chi connectivity index (χ4n) is 3.43. The number of likely N-dealkylation sites (N-methyl/N-ethyl adjacent to an activating group) is 1. The fourth-order valence-corrected chi connectivity index (χ4v) is 3.43. The van der Waals surface area contributed by atoms with E-state index in [1.807, 2.05) is 44.4 Å². The van der Waals surface area contributed by atoms with Crippen molar-refractivity contribution in [3.05, 3.63) is 48.5 Å². The number of hydrogen-bond acceptors (Lipinski definition) is 6. The van der Waals surface area contributed by atoms with Crippen molar-refractivity contribution >= 4 is 11.7 Å². The van der Waals surface area contributed by atoms with E-state index in [0.29, 0.717) is 17.9 Å². The highest BCUT2D eigenvalue weighted by Crippen LogP contribution is 2.19. The predicted molar refractivity (Wildman–Crippen MR) is 100 cm³/mol. The van der Waals surface area contributed by atoms with Crippen LogP contribution in [0.5, 0.6) is 0 Å². The fraction of sp³-hybridized carbons (Fsp3) is 0.368. The van der Waals surface area contributed by atoms with Crippen molar-refractivity contribution in [2.75, 3.05) is 26.7 Å². The molecule has 8 nitrogen and oxygen atoms in total. The van der Waals surface area contributed by atoms with Crippen LogP contribution in [0, 0.1) is 0 Å². The second-order valence-electron chi connectivity index (χ2n) is 6.75. The average molecular weight is 366 g/mol. The zero-order valence-electron chi connectivity index (χ0n) is 15.4. The van der Waals surface area contributed by atoms with Gasteiger partial charge in [-0.2, -0.15) is 0 Å². The molecule has 2 aromatic heterocycles. The number of carbonyl (C=O) groups excluding carboxylic acids is 1. The number of nitrogens with zero attached hydrogens (tertiary/aromatic N) is 5. The summed E-state index contributed by atoms with van der Waals surface area (Å²) in [4.78, 5) is 19.1. The Morgan fingerprint density at radius 1 is 1.26 bits per heavy atom. The number of hydrogen-bond donors (Lipinski definition) is 1. The molecule has 1 saturated heterocycles. The monoisotopic (exact) mass is 366 g/mol. The van der Waals surface area contributed by atoms with Gasteiger partial charge >= 0.3 is 0 Å². The molecule has 3 heterocycles. The van der Waals surface area contributed by atoms with E-state index >= 15 is 0 Å². The van der Waals surface area contributed by atoms with Gasteiger partial charge in [0.2, 0.25) is 0 Å². The van der Waals surface area contributed by atoms with E-state index in [-0.39, 0.29) is 18.1 Å². The number of ether oxygens (including phenoxy) is 1. The molecule has 0 aliphatic carbocycles. The summed E-state index contributed by atoms with van der Waals surface area (Å²) in [5, 5.41) is 10.8. The number of amides is 1. The van der Waals surface area contributed by atoms with Crippen molar-refractivity contribution in [1.29, 1.82) is 0 Å². The number of aromatic nitrogens is 4. The lowest BCUT2D eigenvalue weighted by Gasteiger charge is -2.19. The van der Waals surface area contributed by atoms with Crippen molar-refractivity contribution in [3.63, 3.8) is 0 Å². The Morgan fingerprint density at radius 2 is 2.07 bits per heavy atom. The van der Waals surface area contributed by atoms with Crippen LogP contribution in [0.4, 0.5) is 0 Å². The maximum Gasteiger partial charge on any atom is 0.254 e. The third-order valence-corrected chi connectivity index (χ3v) is 4.78. The van der Waals surface area contributed by atoms with Crippen LogP contribution in [0.3, 0.4) is 0 Å². The first-order valence-corrected chi connectivity index (χ1v) is 9.01. The normalized spacial score (nSPS) is 20.2. The lowest BCUT2D eigenvalue weighted by atomic mass is 10.1. The van der Waals surface area contributed by atoms with Crippen molar-refractivity contribution < 1.29 is 9.53 Å². The molecule has 0 saturated carbocycles. The highest BCUT2D eigenvalue weighted by atomic mass is 16.5. The summed E-state index contributed by atoms with van der Waals surface area (Å²) in [6.07, 6.45) is 5.31. The van der Waals surface area contributed by atoms with Gasteiger partial charge in [0.25, 0.3) is 11.7 Å². The number of carbonyl (C=O) groups is 1. The van der Waals surface area contributed by atoms with E-state index in [9.17, 15) is 4.79 Å². The largest absolute Gasteiger partial charge is 0.375 e. The third kappa shape index (κ3) is 3.67. The molecule has 0 unspecified atom stereocenters. The van der Waals surface area contributed by atoms with E-state index < -0.39 is 0 Å². The van der Waals surface area contributed by atoms with E-state index in [1.165, 1.54) is 0 Å². The van der Waals surface area contributed by atoms with E-state index in [1.54, 1.807) is 16.9 Å². The lowest BCUT2D eigenvalue weighted by Crippen LogP contribution is -2.43. The quantitative estimate of drug-likeness (QED) is 0.731. The van der Waals surface area contributed by atoms with E-state index in [0.717, 1.165) is 24.2 Å². The van der Waals surface area contributed by atoms with Crippen LogP contribution >= 0.6 is 0 Å². The molecular weight excluding hydrogens is 344 g/mol. The first kappa shape index (κ1) is 17.6. The smallest absolute Gasteiger partial charge is 0.254 e. The minimum Gasteiger partial charge on any atom is -0.375 e. The first-order chi connectivity index (χ1) is 13.1. The molecule has 1 N–H and O–H groups in total. The van der Waals surface area contributed by atoms with Crippen LogP contribution in [0.1, 0.15) is 17.3 Å². The van der Waals surface area contributed by atoms with Gasteiger partial charge in [-0.1, -0.05) is 12.1 Å². The molecule has 140 valence electrons. The number of likely N-dealkylation sites (tertiary alicyclic amines) is 1. The Hall–Kier alpha value is -2.84. The molecule has 1 amide bonds. The first-order valence-electron chi connectivity index (χ1n) is 9.01. The molecule has 8 heteroatoms. The molecule has 1 aliphatic rings. The zero-order chi connectivity index (χ0) is 18.8. The molecule has 0 radical (unpaired) electrons. The van der Waals surface area contributed by atoms with Crippen LogP contribution in [0.15, 0.2) is 43.0 Å². The standard InChI is InChI=1S/C19H22N6O2/c1-3-27-17-11-24(2)10-16(17)22-18(26)14-6-4-13(5-7-14)15-8-20-19-23-21-12-25(19)9-15/h4-9,12,16-17H,3,10-11H2,1-2H3,(H,22,26)/t16-,17-/m0/s1. The van der Waals surface area contributed by atoms with Crippen LogP contribution in [0.25, 0.3) is 16.9 Å². The van der Waals surface area contributed by atoms with Crippen molar-refractivity contribution in [2.45, 2.75) is 19.1 Å². The van der Waals surface area contributed by atoms with Gasteiger partial charge in [0.05, 0.1) is 12.1 Å². The summed E-state index contributed by atoms with van der Waals surface area (Å²) >= 11 is 0. The summed E-state index contributed by atoms with van der Waals surface area (Å²) in [5.41, 5.74) is 2.53. The highest BCUT2D eigenvalue weighted by Gasteiger charge is 2.32. The topological polar surface area (TPSA) is 84.6 Å². The molecule has 3 aromatic rings. The summed E-state index contributed by atoms with van der Waals surface area (Å²) < 4.78 is 7.52.